The van der Waals surface area contributed by atoms with Crippen molar-refractivity contribution in [2.75, 3.05) is 6.61 Å². The standard InChI is InChI=1S/C29H45NO8/c1-9-10-11-22(31)36-17-18(2)25(26(30)27(34)35)19-12-13-20(37-23(32)15-28(3,4)5)21(14-19)38-24(33)16-29(6,7)8/h12-14,18,25-26H,9-11,15-17,30H2,1-8H3,(H,34,35)/t18?,25?,26-/m0/s1. The molecule has 3 atom stereocenters. The molecule has 1 rings (SSSR count). The molecular weight excluding hydrogens is 490 g/mol. The van der Waals surface area contributed by atoms with E-state index in [-0.39, 0.29) is 54.2 Å². The molecule has 9 heteroatoms. The Labute approximate surface area is 226 Å². The van der Waals surface area contributed by atoms with Gasteiger partial charge in [0.25, 0.3) is 0 Å². The zero-order valence-corrected chi connectivity index (χ0v) is 24.1. The molecule has 0 aromatic heterocycles. The van der Waals surface area contributed by atoms with Gasteiger partial charge in [0, 0.05) is 12.3 Å². The summed E-state index contributed by atoms with van der Waals surface area (Å²) in [5.74, 6) is -3.83. The number of benzene rings is 1. The first-order valence-corrected chi connectivity index (χ1v) is 13.1. The Hall–Kier alpha value is -2.94. The minimum absolute atomic E-state index is 0.00580. The highest BCUT2D eigenvalue weighted by Crippen LogP contribution is 2.37. The topological polar surface area (TPSA) is 142 Å². The number of ether oxygens (including phenoxy) is 3. The number of carbonyl (C=O) groups is 4. The molecule has 0 saturated heterocycles. The van der Waals surface area contributed by atoms with Gasteiger partial charge in [-0.25, -0.2) is 0 Å². The van der Waals surface area contributed by atoms with Gasteiger partial charge in [0.15, 0.2) is 11.5 Å². The van der Waals surface area contributed by atoms with E-state index in [0.29, 0.717) is 12.0 Å². The smallest absolute Gasteiger partial charge is 0.321 e. The van der Waals surface area contributed by atoms with E-state index in [1.165, 1.54) is 12.1 Å². The van der Waals surface area contributed by atoms with Gasteiger partial charge in [0.2, 0.25) is 0 Å². The van der Waals surface area contributed by atoms with Crippen molar-refractivity contribution in [3.05, 3.63) is 23.8 Å². The normalized spacial score (nSPS) is 14.2. The first-order chi connectivity index (χ1) is 17.4. The van der Waals surface area contributed by atoms with E-state index in [1.807, 2.05) is 48.5 Å². The van der Waals surface area contributed by atoms with Crippen LogP contribution in [0.1, 0.15) is 99.0 Å². The molecule has 9 nitrogen and oxygen atoms in total. The van der Waals surface area contributed by atoms with Gasteiger partial charge in [-0.3, -0.25) is 19.2 Å². The van der Waals surface area contributed by atoms with Gasteiger partial charge in [0.05, 0.1) is 19.4 Å². The fourth-order valence-electron chi connectivity index (χ4n) is 3.84. The Morgan fingerprint density at radius 3 is 1.89 bits per heavy atom. The molecule has 0 spiro atoms. The molecule has 38 heavy (non-hydrogen) atoms. The van der Waals surface area contributed by atoms with Gasteiger partial charge in [-0.1, -0.05) is 67.9 Å². The number of nitrogens with two attached hydrogens (primary N) is 1. The summed E-state index contributed by atoms with van der Waals surface area (Å²) < 4.78 is 16.5. The van der Waals surface area contributed by atoms with Crippen molar-refractivity contribution in [1.29, 1.82) is 0 Å². The van der Waals surface area contributed by atoms with Crippen LogP contribution in [0.15, 0.2) is 18.2 Å². The molecule has 0 fully saturated rings. The van der Waals surface area contributed by atoms with Crippen molar-refractivity contribution >= 4 is 23.9 Å². The van der Waals surface area contributed by atoms with Crippen LogP contribution in [0.2, 0.25) is 0 Å². The first kappa shape index (κ1) is 33.1. The number of esters is 3. The van der Waals surface area contributed by atoms with E-state index in [1.54, 1.807) is 13.0 Å². The lowest BCUT2D eigenvalue weighted by molar-refractivity contribution is -0.145. The van der Waals surface area contributed by atoms with Gasteiger partial charge in [-0.15, -0.1) is 0 Å². The lowest BCUT2D eigenvalue weighted by Gasteiger charge is -2.28. The molecule has 1 aromatic carbocycles. The molecule has 0 saturated carbocycles. The minimum Gasteiger partial charge on any atom is -0.480 e. The van der Waals surface area contributed by atoms with Gasteiger partial charge in [-0.05, 0) is 40.9 Å². The summed E-state index contributed by atoms with van der Waals surface area (Å²) in [6.45, 7) is 15.0. The number of hydrogen-bond donors (Lipinski definition) is 2. The second-order valence-corrected chi connectivity index (χ2v) is 12.3. The third-order valence-corrected chi connectivity index (χ3v) is 5.68. The SMILES string of the molecule is CCCCC(=O)OCC(C)C(c1ccc(OC(=O)CC(C)(C)C)c(OC(=O)CC(C)(C)C)c1)[C@H](N)C(=O)O. The molecule has 0 aliphatic carbocycles. The summed E-state index contributed by atoms with van der Waals surface area (Å²) in [5.41, 5.74) is 5.86. The first-order valence-electron chi connectivity index (χ1n) is 13.1. The van der Waals surface area contributed by atoms with Gasteiger partial charge in [0.1, 0.15) is 6.04 Å². The van der Waals surface area contributed by atoms with Crippen molar-refractivity contribution in [2.45, 2.75) is 99.5 Å². The Bertz CT molecular complexity index is 974. The van der Waals surface area contributed by atoms with Crippen molar-refractivity contribution in [2.24, 2.45) is 22.5 Å². The molecule has 0 heterocycles. The van der Waals surface area contributed by atoms with E-state index in [4.69, 9.17) is 19.9 Å². The summed E-state index contributed by atoms with van der Waals surface area (Å²) in [7, 11) is 0. The predicted octanol–water partition coefficient (Wildman–Crippen LogP) is 5.23. The van der Waals surface area contributed by atoms with Crippen LogP contribution in [0.4, 0.5) is 0 Å². The van der Waals surface area contributed by atoms with Gasteiger partial charge < -0.3 is 25.1 Å². The number of carboxylic acids is 1. The van der Waals surface area contributed by atoms with Gasteiger partial charge >= 0.3 is 23.9 Å². The highest BCUT2D eigenvalue weighted by atomic mass is 16.6. The number of carbonyl (C=O) groups excluding carboxylic acids is 3. The zero-order chi connectivity index (χ0) is 29.3. The monoisotopic (exact) mass is 535 g/mol. The Morgan fingerprint density at radius 2 is 1.42 bits per heavy atom. The molecule has 0 aliphatic rings. The fourth-order valence-corrected chi connectivity index (χ4v) is 3.84. The van der Waals surface area contributed by atoms with E-state index in [2.05, 4.69) is 0 Å². The number of unbranched alkanes of at least 4 members (excludes halogenated alkanes) is 1. The maximum absolute atomic E-state index is 12.7. The summed E-state index contributed by atoms with van der Waals surface area (Å²) >= 11 is 0. The van der Waals surface area contributed by atoms with E-state index in [9.17, 15) is 24.3 Å². The summed E-state index contributed by atoms with van der Waals surface area (Å²) in [6.07, 6.45) is 2.07. The molecule has 0 amide bonds. The molecule has 0 radical (unpaired) electrons. The van der Waals surface area contributed by atoms with E-state index >= 15 is 0 Å². The summed E-state index contributed by atoms with van der Waals surface area (Å²) in [5, 5.41) is 9.69. The average molecular weight is 536 g/mol. The lowest BCUT2D eigenvalue weighted by Crippen LogP contribution is -2.40. The third-order valence-electron chi connectivity index (χ3n) is 5.68. The van der Waals surface area contributed by atoms with Crippen LogP contribution in [0.3, 0.4) is 0 Å². The maximum atomic E-state index is 12.7. The van der Waals surface area contributed by atoms with Crippen LogP contribution in [0, 0.1) is 16.7 Å². The second kappa shape index (κ2) is 14.3. The molecule has 3 N–H and O–H groups in total. The second-order valence-electron chi connectivity index (χ2n) is 12.3. The molecule has 1 aromatic rings. The fraction of sp³-hybridized carbons (Fsp3) is 0.655. The third kappa shape index (κ3) is 12.1. The number of hydrogen-bond acceptors (Lipinski definition) is 8. The van der Waals surface area contributed by atoms with Crippen LogP contribution in [-0.4, -0.2) is 41.6 Å². The predicted molar refractivity (Wildman–Crippen MR) is 144 cm³/mol. The largest absolute Gasteiger partial charge is 0.480 e. The highest BCUT2D eigenvalue weighted by molar-refractivity contribution is 5.78. The van der Waals surface area contributed by atoms with Crippen LogP contribution >= 0.6 is 0 Å². The Kier molecular flexibility index (Phi) is 12.4. The van der Waals surface area contributed by atoms with Crippen LogP contribution in [-0.2, 0) is 23.9 Å². The van der Waals surface area contributed by atoms with Crippen molar-refractivity contribution in [1.82, 2.24) is 0 Å². The average Bonchev–Trinajstić information content (AvgIpc) is 2.75. The molecular formula is C29H45NO8. The Balaban J connectivity index is 3.38. The van der Waals surface area contributed by atoms with E-state index in [0.717, 1.165) is 6.42 Å². The summed E-state index contributed by atoms with van der Waals surface area (Å²) in [6, 6.07) is 3.20. The number of carboxylic acid groups (broad SMARTS) is 1. The van der Waals surface area contributed by atoms with Crippen LogP contribution < -0.4 is 15.2 Å². The Morgan fingerprint density at radius 1 is 0.895 bits per heavy atom. The summed E-state index contributed by atoms with van der Waals surface area (Å²) in [4.78, 5) is 49.1. The van der Waals surface area contributed by atoms with E-state index < -0.39 is 35.8 Å². The number of aliphatic carboxylic acids is 1. The quantitative estimate of drug-likeness (QED) is 0.256. The van der Waals surface area contributed by atoms with Crippen molar-refractivity contribution in [3.63, 3.8) is 0 Å². The van der Waals surface area contributed by atoms with Crippen molar-refractivity contribution in [3.8, 4) is 11.5 Å². The molecule has 0 bridgehead atoms. The molecule has 0 aliphatic heterocycles. The molecule has 214 valence electrons. The molecule has 2 unspecified atom stereocenters. The minimum atomic E-state index is -1.33. The maximum Gasteiger partial charge on any atom is 0.321 e. The van der Waals surface area contributed by atoms with Crippen LogP contribution in [0.25, 0.3) is 0 Å². The van der Waals surface area contributed by atoms with Crippen LogP contribution in [0.5, 0.6) is 11.5 Å². The van der Waals surface area contributed by atoms with Crippen molar-refractivity contribution < 1.29 is 38.5 Å². The highest BCUT2D eigenvalue weighted by Gasteiger charge is 2.33. The lowest BCUT2D eigenvalue weighted by atomic mass is 9.82. The zero-order valence-electron chi connectivity index (χ0n) is 24.1. The van der Waals surface area contributed by atoms with Gasteiger partial charge in [-0.2, -0.15) is 0 Å². The number of rotatable bonds is 13.